The van der Waals surface area contributed by atoms with Crippen LogP contribution in [0.5, 0.6) is 0 Å². The minimum atomic E-state index is -3.73. The standard InChI is InChI=1S/C22H30N4O3S/c1-4-23-30(28,29)21-16-19(10-11-20(21)26-14-12-25(3)13-15-26)22(27)24-17(2)18-8-6-5-7-9-18/h5-11,16-17,23H,4,12-15H2,1-3H3,(H,24,27)/t17-/m0/s1. The SMILES string of the molecule is CCNS(=O)(=O)c1cc(C(=O)N[C@@H](C)c2ccccc2)ccc1N1CCN(C)CC1. The molecule has 2 aromatic rings. The van der Waals surface area contributed by atoms with E-state index in [9.17, 15) is 13.2 Å². The summed E-state index contributed by atoms with van der Waals surface area (Å²) in [5.74, 6) is -0.302. The molecular weight excluding hydrogens is 400 g/mol. The first-order valence-electron chi connectivity index (χ1n) is 10.2. The molecule has 30 heavy (non-hydrogen) atoms. The Morgan fingerprint density at radius 3 is 2.37 bits per heavy atom. The summed E-state index contributed by atoms with van der Waals surface area (Å²) in [5.41, 5.74) is 1.95. The van der Waals surface area contributed by atoms with Gasteiger partial charge in [-0.1, -0.05) is 37.3 Å². The quantitative estimate of drug-likeness (QED) is 0.704. The van der Waals surface area contributed by atoms with Crippen molar-refractivity contribution in [2.24, 2.45) is 0 Å². The van der Waals surface area contributed by atoms with Crippen molar-refractivity contribution in [3.8, 4) is 0 Å². The summed E-state index contributed by atoms with van der Waals surface area (Å²) in [6.07, 6.45) is 0. The first-order valence-corrected chi connectivity index (χ1v) is 11.7. The van der Waals surface area contributed by atoms with Crippen molar-refractivity contribution in [3.05, 3.63) is 59.7 Å². The second-order valence-corrected chi connectivity index (χ2v) is 9.32. The van der Waals surface area contributed by atoms with E-state index in [1.165, 1.54) is 6.07 Å². The van der Waals surface area contributed by atoms with Gasteiger partial charge in [0.2, 0.25) is 10.0 Å². The molecular formula is C22H30N4O3S. The molecule has 0 radical (unpaired) electrons. The summed E-state index contributed by atoms with van der Waals surface area (Å²) in [6.45, 7) is 7.12. The Balaban J connectivity index is 1.90. The maximum absolute atomic E-state index is 12.9. The monoisotopic (exact) mass is 430 g/mol. The number of anilines is 1. The van der Waals surface area contributed by atoms with Gasteiger partial charge in [0.25, 0.3) is 5.91 Å². The fraction of sp³-hybridized carbons (Fsp3) is 0.409. The molecule has 2 N–H and O–H groups in total. The van der Waals surface area contributed by atoms with Crippen LogP contribution in [0, 0.1) is 0 Å². The van der Waals surface area contributed by atoms with Gasteiger partial charge < -0.3 is 15.1 Å². The molecule has 1 atom stereocenters. The third-order valence-corrected chi connectivity index (χ3v) is 6.91. The van der Waals surface area contributed by atoms with E-state index in [1.807, 2.05) is 37.3 Å². The van der Waals surface area contributed by atoms with Crippen molar-refractivity contribution < 1.29 is 13.2 Å². The van der Waals surface area contributed by atoms with Gasteiger partial charge in [0.05, 0.1) is 11.7 Å². The number of carbonyl (C=O) groups is 1. The third kappa shape index (κ3) is 5.19. The second-order valence-electron chi connectivity index (χ2n) is 7.58. The molecule has 1 saturated heterocycles. The lowest BCUT2D eigenvalue weighted by Gasteiger charge is -2.35. The van der Waals surface area contributed by atoms with E-state index < -0.39 is 10.0 Å². The van der Waals surface area contributed by atoms with Crippen LogP contribution in [0.2, 0.25) is 0 Å². The van der Waals surface area contributed by atoms with Crippen LogP contribution in [0.4, 0.5) is 5.69 Å². The van der Waals surface area contributed by atoms with E-state index in [0.717, 1.165) is 31.7 Å². The van der Waals surface area contributed by atoms with Crippen LogP contribution in [0.1, 0.15) is 35.8 Å². The minimum Gasteiger partial charge on any atom is -0.368 e. The molecule has 1 amide bonds. The molecule has 0 aromatic heterocycles. The fourth-order valence-electron chi connectivity index (χ4n) is 3.55. The van der Waals surface area contributed by atoms with Crippen LogP contribution >= 0.6 is 0 Å². The number of nitrogens with one attached hydrogen (secondary N) is 2. The molecule has 7 nitrogen and oxygen atoms in total. The zero-order chi connectivity index (χ0) is 21.7. The fourth-order valence-corrected chi connectivity index (χ4v) is 4.84. The molecule has 0 saturated carbocycles. The zero-order valence-corrected chi connectivity index (χ0v) is 18.6. The van der Waals surface area contributed by atoms with Crippen LogP contribution in [0.25, 0.3) is 0 Å². The van der Waals surface area contributed by atoms with E-state index >= 15 is 0 Å². The largest absolute Gasteiger partial charge is 0.368 e. The molecule has 2 aromatic carbocycles. The number of nitrogens with zero attached hydrogens (tertiary/aromatic N) is 2. The lowest BCUT2D eigenvalue weighted by molar-refractivity contribution is 0.0939. The van der Waals surface area contributed by atoms with Crippen molar-refractivity contribution in [1.29, 1.82) is 0 Å². The van der Waals surface area contributed by atoms with Gasteiger partial charge in [-0.3, -0.25) is 4.79 Å². The Labute approximate surface area is 179 Å². The van der Waals surface area contributed by atoms with Gasteiger partial charge in [0.1, 0.15) is 4.90 Å². The molecule has 162 valence electrons. The maximum atomic E-state index is 12.9. The summed E-state index contributed by atoms with van der Waals surface area (Å²) in [4.78, 5) is 17.3. The highest BCUT2D eigenvalue weighted by atomic mass is 32.2. The van der Waals surface area contributed by atoms with Crippen molar-refractivity contribution in [1.82, 2.24) is 14.9 Å². The Morgan fingerprint density at radius 1 is 1.07 bits per heavy atom. The van der Waals surface area contributed by atoms with Crippen LogP contribution in [0.3, 0.4) is 0 Å². The van der Waals surface area contributed by atoms with Crippen molar-refractivity contribution >= 4 is 21.6 Å². The molecule has 0 spiro atoms. The summed E-state index contributed by atoms with van der Waals surface area (Å²) in [6, 6.07) is 14.4. The number of benzene rings is 2. The molecule has 0 aliphatic carbocycles. The average Bonchev–Trinajstić information content (AvgIpc) is 2.74. The topological polar surface area (TPSA) is 81.7 Å². The second kappa shape index (κ2) is 9.59. The molecule has 1 fully saturated rings. The lowest BCUT2D eigenvalue weighted by Crippen LogP contribution is -2.45. The summed E-state index contributed by atoms with van der Waals surface area (Å²) in [5, 5.41) is 2.95. The molecule has 3 rings (SSSR count). The summed E-state index contributed by atoms with van der Waals surface area (Å²) >= 11 is 0. The predicted molar refractivity (Wildman–Crippen MR) is 119 cm³/mol. The first kappa shape index (κ1) is 22.3. The van der Waals surface area contributed by atoms with E-state index in [4.69, 9.17) is 0 Å². The summed E-state index contributed by atoms with van der Waals surface area (Å²) < 4.78 is 28.4. The highest BCUT2D eigenvalue weighted by Gasteiger charge is 2.25. The van der Waals surface area contributed by atoms with Crippen LogP contribution in [-0.4, -0.2) is 59.0 Å². The number of piperazine rings is 1. The highest BCUT2D eigenvalue weighted by Crippen LogP contribution is 2.28. The number of carbonyl (C=O) groups excluding carboxylic acids is 1. The first-order chi connectivity index (χ1) is 14.3. The maximum Gasteiger partial charge on any atom is 0.251 e. The van der Waals surface area contributed by atoms with Crippen molar-refractivity contribution in [2.75, 3.05) is 44.7 Å². The Morgan fingerprint density at radius 2 is 1.73 bits per heavy atom. The van der Waals surface area contributed by atoms with Crippen LogP contribution in [0.15, 0.2) is 53.4 Å². The molecule has 0 bridgehead atoms. The number of amides is 1. The van der Waals surface area contributed by atoms with Crippen LogP contribution in [-0.2, 0) is 10.0 Å². The Hall–Kier alpha value is -2.42. The van der Waals surface area contributed by atoms with Gasteiger partial charge in [-0.2, -0.15) is 0 Å². The molecule has 0 unspecified atom stereocenters. The number of sulfonamides is 1. The number of likely N-dealkylation sites (N-methyl/N-ethyl adjacent to an activating group) is 1. The number of rotatable bonds is 7. The Bertz CT molecular complexity index is 971. The molecule has 1 aliphatic heterocycles. The molecule has 1 aliphatic rings. The van der Waals surface area contributed by atoms with Gasteiger partial charge in [-0.25, -0.2) is 13.1 Å². The minimum absolute atomic E-state index is 0.147. The van der Waals surface area contributed by atoms with E-state index in [0.29, 0.717) is 11.3 Å². The Kier molecular flexibility index (Phi) is 7.12. The highest BCUT2D eigenvalue weighted by molar-refractivity contribution is 7.89. The van der Waals surface area contributed by atoms with Gasteiger partial charge in [-0.05, 0) is 37.7 Å². The predicted octanol–water partition coefficient (Wildman–Crippen LogP) is 2.23. The van der Waals surface area contributed by atoms with E-state index in [1.54, 1.807) is 19.1 Å². The van der Waals surface area contributed by atoms with Gasteiger partial charge >= 0.3 is 0 Å². The van der Waals surface area contributed by atoms with E-state index in [2.05, 4.69) is 26.9 Å². The van der Waals surface area contributed by atoms with Gasteiger partial charge in [0.15, 0.2) is 0 Å². The van der Waals surface area contributed by atoms with Gasteiger partial charge in [-0.15, -0.1) is 0 Å². The third-order valence-electron chi connectivity index (χ3n) is 5.34. The average molecular weight is 431 g/mol. The number of hydrogen-bond donors (Lipinski definition) is 2. The van der Waals surface area contributed by atoms with Crippen molar-refractivity contribution in [2.45, 2.75) is 24.8 Å². The van der Waals surface area contributed by atoms with Crippen LogP contribution < -0.4 is 14.9 Å². The smallest absolute Gasteiger partial charge is 0.251 e. The molecule has 1 heterocycles. The lowest BCUT2D eigenvalue weighted by atomic mass is 10.1. The van der Waals surface area contributed by atoms with Gasteiger partial charge in [0, 0.05) is 38.3 Å². The zero-order valence-electron chi connectivity index (χ0n) is 17.8. The van der Waals surface area contributed by atoms with E-state index in [-0.39, 0.29) is 23.4 Å². The molecule has 8 heteroatoms. The number of hydrogen-bond acceptors (Lipinski definition) is 5. The van der Waals surface area contributed by atoms with Crippen molar-refractivity contribution in [3.63, 3.8) is 0 Å². The normalized spacial score (nSPS) is 16.3. The summed E-state index contributed by atoms with van der Waals surface area (Å²) in [7, 11) is -1.68.